The highest BCUT2D eigenvalue weighted by atomic mass is 127. The number of carbonyl (C=O) groups excluding carboxylic acids is 1. The van der Waals surface area contributed by atoms with Crippen LogP contribution in [0.4, 0.5) is 4.39 Å². The highest BCUT2D eigenvalue weighted by molar-refractivity contribution is 14.0. The molecule has 0 radical (unpaired) electrons. The lowest BCUT2D eigenvalue weighted by Gasteiger charge is -2.38. The van der Waals surface area contributed by atoms with Gasteiger partial charge >= 0.3 is 0 Å². The predicted molar refractivity (Wildman–Crippen MR) is 123 cm³/mol. The van der Waals surface area contributed by atoms with Crippen molar-refractivity contribution in [2.24, 2.45) is 4.99 Å². The summed E-state index contributed by atoms with van der Waals surface area (Å²) < 4.78 is 19.1. The standard InChI is InChI=1S/C21H31FN4O2.HI/c1-21(2,16-6-4-7-17(22)14-16)15-24-20(23-3)26-11-9-25(10-12-26)19(27)18-8-5-13-28-18;/h4,6-7,14,18H,5,8-13,15H2,1-3H3,(H,23,24);1H. The molecule has 1 aromatic rings. The van der Waals surface area contributed by atoms with E-state index in [2.05, 4.69) is 29.1 Å². The number of nitrogens with zero attached hydrogens (tertiary/aromatic N) is 3. The van der Waals surface area contributed by atoms with Gasteiger partial charge in [0.15, 0.2) is 5.96 Å². The molecule has 1 amide bonds. The van der Waals surface area contributed by atoms with Gasteiger partial charge in [-0.15, -0.1) is 24.0 Å². The van der Waals surface area contributed by atoms with E-state index in [1.165, 1.54) is 6.07 Å². The van der Waals surface area contributed by atoms with E-state index >= 15 is 0 Å². The SMILES string of the molecule is CN=C(NCC(C)(C)c1cccc(F)c1)N1CCN(C(=O)C2CCCO2)CC1.I. The molecule has 2 saturated heterocycles. The number of ether oxygens (including phenoxy) is 1. The van der Waals surface area contributed by atoms with Crippen molar-refractivity contribution >= 4 is 35.8 Å². The first-order chi connectivity index (χ1) is 13.4. The lowest BCUT2D eigenvalue weighted by atomic mass is 9.84. The third-order valence-electron chi connectivity index (χ3n) is 5.60. The average molecular weight is 518 g/mol. The number of hydrogen-bond donors (Lipinski definition) is 1. The van der Waals surface area contributed by atoms with E-state index in [4.69, 9.17) is 4.74 Å². The maximum atomic E-state index is 13.6. The van der Waals surface area contributed by atoms with Crippen LogP contribution in [0.25, 0.3) is 0 Å². The number of amides is 1. The van der Waals surface area contributed by atoms with Crippen LogP contribution >= 0.6 is 24.0 Å². The predicted octanol–water partition coefficient (Wildman–Crippen LogP) is 2.62. The largest absolute Gasteiger partial charge is 0.368 e. The number of nitrogens with one attached hydrogen (secondary N) is 1. The topological polar surface area (TPSA) is 57.2 Å². The lowest BCUT2D eigenvalue weighted by Crippen LogP contribution is -2.56. The number of benzene rings is 1. The van der Waals surface area contributed by atoms with Gasteiger partial charge in [0.05, 0.1) is 0 Å². The molecule has 0 spiro atoms. The normalized spacial score (nSPS) is 20.4. The number of hydrogen-bond acceptors (Lipinski definition) is 3. The molecular weight excluding hydrogens is 486 g/mol. The van der Waals surface area contributed by atoms with Crippen LogP contribution in [-0.4, -0.2) is 74.1 Å². The fourth-order valence-corrected chi connectivity index (χ4v) is 3.76. The first-order valence-corrected chi connectivity index (χ1v) is 10.0. The molecule has 0 saturated carbocycles. The molecule has 1 aromatic carbocycles. The summed E-state index contributed by atoms with van der Waals surface area (Å²) in [5, 5.41) is 3.42. The molecule has 1 unspecified atom stereocenters. The second-order valence-corrected chi connectivity index (χ2v) is 8.11. The molecule has 1 N–H and O–H groups in total. The molecule has 162 valence electrons. The molecule has 2 aliphatic heterocycles. The Morgan fingerprint density at radius 1 is 1.28 bits per heavy atom. The maximum Gasteiger partial charge on any atom is 0.251 e. The highest BCUT2D eigenvalue weighted by Gasteiger charge is 2.31. The number of rotatable bonds is 4. The first-order valence-electron chi connectivity index (χ1n) is 10.0. The van der Waals surface area contributed by atoms with Crippen LogP contribution in [0.15, 0.2) is 29.3 Å². The van der Waals surface area contributed by atoms with Gasteiger partial charge in [0, 0.05) is 51.8 Å². The number of piperazine rings is 1. The summed E-state index contributed by atoms with van der Waals surface area (Å²) >= 11 is 0. The molecule has 2 aliphatic rings. The summed E-state index contributed by atoms with van der Waals surface area (Å²) in [7, 11) is 1.77. The van der Waals surface area contributed by atoms with Crippen LogP contribution in [0.3, 0.4) is 0 Å². The van der Waals surface area contributed by atoms with Crippen molar-refractivity contribution < 1.29 is 13.9 Å². The third-order valence-corrected chi connectivity index (χ3v) is 5.60. The molecule has 0 bridgehead atoms. The van der Waals surface area contributed by atoms with Crippen LogP contribution in [0.5, 0.6) is 0 Å². The summed E-state index contributed by atoms with van der Waals surface area (Å²) in [5.41, 5.74) is 0.706. The van der Waals surface area contributed by atoms with Crippen molar-refractivity contribution in [3.05, 3.63) is 35.6 Å². The fourth-order valence-electron chi connectivity index (χ4n) is 3.76. The molecule has 29 heavy (non-hydrogen) atoms. The summed E-state index contributed by atoms with van der Waals surface area (Å²) in [6.07, 6.45) is 1.54. The summed E-state index contributed by atoms with van der Waals surface area (Å²) in [6, 6.07) is 6.73. The zero-order valence-electron chi connectivity index (χ0n) is 17.5. The van der Waals surface area contributed by atoms with E-state index in [-0.39, 0.29) is 47.2 Å². The molecule has 1 atom stereocenters. The minimum Gasteiger partial charge on any atom is -0.368 e. The minimum atomic E-state index is -0.254. The second-order valence-electron chi connectivity index (χ2n) is 8.11. The van der Waals surface area contributed by atoms with E-state index in [1.807, 2.05) is 11.0 Å². The van der Waals surface area contributed by atoms with Gasteiger partial charge in [0.25, 0.3) is 5.91 Å². The van der Waals surface area contributed by atoms with Crippen molar-refractivity contribution in [1.29, 1.82) is 0 Å². The fraction of sp³-hybridized carbons (Fsp3) is 0.619. The van der Waals surface area contributed by atoms with E-state index in [0.717, 1.165) is 37.5 Å². The molecule has 3 rings (SSSR count). The number of aliphatic imine (C=N–C) groups is 1. The van der Waals surface area contributed by atoms with Crippen molar-refractivity contribution in [2.75, 3.05) is 46.4 Å². The minimum absolute atomic E-state index is 0. The Kier molecular flexibility index (Phi) is 8.69. The van der Waals surface area contributed by atoms with Gasteiger partial charge in [-0.1, -0.05) is 26.0 Å². The number of guanidine groups is 1. The summed E-state index contributed by atoms with van der Waals surface area (Å²) in [5.74, 6) is 0.711. The molecular formula is C21H32FIN4O2. The van der Waals surface area contributed by atoms with E-state index in [1.54, 1.807) is 19.2 Å². The van der Waals surface area contributed by atoms with Crippen LogP contribution in [-0.2, 0) is 14.9 Å². The van der Waals surface area contributed by atoms with Crippen molar-refractivity contribution in [2.45, 2.75) is 38.2 Å². The highest BCUT2D eigenvalue weighted by Crippen LogP contribution is 2.23. The van der Waals surface area contributed by atoms with Gasteiger partial charge in [0.2, 0.25) is 0 Å². The van der Waals surface area contributed by atoms with Gasteiger partial charge < -0.3 is 19.9 Å². The average Bonchev–Trinajstić information content (AvgIpc) is 3.23. The number of carbonyl (C=O) groups is 1. The maximum absolute atomic E-state index is 13.6. The Morgan fingerprint density at radius 3 is 2.55 bits per heavy atom. The van der Waals surface area contributed by atoms with E-state index in [0.29, 0.717) is 26.2 Å². The van der Waals surface area contributed by atoms with Gasteiger partial charge in [-0.25, -0.2) is 4.39 Å². The Labute approximate surface area is 189 Å². The zero-order chi connectivity index (χ0) is 20.1. The molecule has 0 aliphatic carbocycles. The monoisotopic (exact) mass is 518 g/mol. The van der Waals surface area contributed by atoms with E-state index in [9.17, 15) is 9.18 Å². The van der Waals surface area contributed by atoms with Crippen LogP contribution in [0.2, 0.25) is 0 Å². The Balaban J connectivity index is 0.00000300. The number of halogens is 2. The molecule has 8 heteroatoms. The lowest BCUT2D eigenvalue weighted by molar-refractivity contribution is -0.142. The Hall–Kier alpha value is -1.42. The van der Waals surface area contributed by atoms with E-state index < -0.39 is 0 Å². The third kappa shape index (κ3) is 6.04. The summed E-state index contributed by atoms with van der Waals surface area (Å²) in [4.78, 5) is 21.0. The quantitative estimate of drug-likeness (QED) is 0.379. The molecule has 2 fully saturated rings. The second kappa shape index (κ2) is 10.6. The van der Waals surface area contributed by atoms with Gasteiger partial charge in [0.1, 0.15) is 11.9 Å². The molecule has 2 heterocycles. The smallest absolute Gasteiger partial charge is 0.251 e. The summed E-state index contributed by atoms with van der Waals surface area (Å²) in [6.45, 7) is 8.31. The van der Waals surface area contributed by atoms with Crippen LogP contribution in [0.1, 0.15) is 32.3 Å². The Bertz CT molecular complexity index is 714. The molecule has 0 aromatic heterocycles. The first kappa shape index (κ1) is 23.9. The van der Waals surface area contributed by atoms with Crippen molar-refractivity contribution in [3.8, 4) is 0 Å². The van der Waals surface area contributed by atoms with Gasteiger partial charge in [-0.2, -0.15) is 0 Å². The van der Waals surface area contributed by atoms with Crippen LogP contribution in [0, 0.1) is 5.82 Å². The van der Waals surface area contributed by atoms with Crippen molar-refractivity contribution in [1.82, 2.24) is 15.1 Å². The van der Waals surface area contributed by atoms with Gasteiger partial charge in [-0.3, -0.25) is 9.79 Å². The zero-order valence-corrected chi connectivity index (χ0v) is 19.8. The van der Waals surface area contributed by atoms with Crippen molar-refractivity contribution in [3.63, 3.8) is 0 Å². The van der Waals surface area contributed by atoms with Gasteiger partial charge in [-0.05, 0) is 30.5 Å². The molecule has 6 nitrogen and oxygen atoms in total. The Morgan fingerprint density at radius 2 is 1.97 bits per heavy atom. The van der Waals surface area contributed by atoms with Crippen LogP contribution < -0.4 is 5.32 Å².